The number of aromatic amines is 1. The van der Waals surface area contributed by atoms with Gasteiger partial charge in [0.25, 0.3) is 5.56 Å². The first kappa shape index (κ1) is 18.9. The van der Waals surface area contributed by atoms with E-state index < -0.39 is 11.5 Å². The number of carboxylic acids is 1. The minimum absolute atomic E-state index is 0.00676. The lowest BCUT2D eigenvalue weighted by Gasteiger charge is -2.06. The van der Waals surface area contributed by atoms with Crippen molar-refractivity contribution in [3.05, 3.63) is 44.8 Å². The summed E-state index contributed by atoms with van der Waals surface area (Å²) in [4.78, 5) is 36.5. The normalized spacial score (nSPS) is 10.5. The predicted octanol–water partition coefficient (Wildman–Crippen LogP) is 0.540. The maximum atomic E-state index is 11.9. The number of aromatic nitrogens is 3. The highest BCUT2D eigenvalue weighted by atomic mass is 35.5. The van der Waals surface area contributed by atoms with Crippen molar-refractivity contribution in [2.24, 2.45) is 0 Å². The molecule has 0 aliphatic heterocycles. The monoisotopic (exact) mass is 381 g/mol. The Labute approximate surface area is 152 Å². The minimum Gasteiger partial charge on any atom is -0.550 e. The van der Waals surface area contributed by atoms with Gasteiger partial charge >= 0.3 is 0 Å². The molecule has 2 N–H and O–H groups in total. The lowest BCUT2D eigenvalue weighted by molar-refractivity contribution is -0.305. The molecule has 0 unspecified atom stereocenters. The summed E-state index contributed by atoms with van der Waals surface area (Å²) in [6, 6.07) is 5.17. The fourth-order valence-electron chi connectivity index (χ4n) is 1.80. The molecular weight excluding hydrogens is 368 g/mol. The molecule has 1 amide bonds. The highest BCUT2D eigenvalue weighted by Crippen LogP contribution is 2.20. The van der Waals surface area contributed by atoms with Gasteiger partial charge in [-0.1, -0.05) is 29.4 Å². The number of hydrogen-bond donors (Lipinski definition) is 2. The van der Waals surface area contributed by atoms with E-state index >= 15 is 0 Å². The van der Waals surface area contributed by atoms with Crippen LogP contribution >= 0.6 is 23.4 Å². The molecule has 0 fully saturated rings. The average Bonchev–Trinajstić information content (AvgIpc) is 2.55. The van der Waals surface area contributed by atoms with E-state index in [9.17, 15) is 19.5 Å². The summed E-state index contributed by atoms with van der Waals surface area (Å²) in [5.41, 5.74) is 0.941. The lowest BCUT2D eigenvalue weighted by atomic mass is 10.2. The second kappa shape index (κ2) is 8.63. The molecule has 0 radical (unpaired) electrons. The third-order valence-corrected chi connectivity index (χ3v) is 4.38. The average molecular weight is 382 g/mol. The molecule has 2 aromatic rings. The quantitative estimate of drug-likeness (QED) is 0.670. The number of carboxylic acid groups (broad SMARTS) is 1. The van der Waals surface area contributed by atoms with Gasteiger partial charge in [-0.2, -0.15) is 0 Å². The number of halogens is 1. The van der Waals surface area contributed by atoms with Crippen LogP contribution in [0.2, 0.25) is 5.02 Å². The van der Waals surface area contributed by atoms with Crippen LogP contribution in [0.1, 0.15) is 17.7 Å². The van der Waals surface area contributed by atoms with E-state index in [2.05, 4.69) is 20.5 Å². The number of hydrogen-bond acceptors (Lipinski definition) is 7. The largest absolute Gasteiger partial charge is 0.550 e. The molecule has 0 atom stereocenters. The van der Waals surface area contributed by atoms with E-state index in [4.69, 9.17) is 11.6 Å². The molecule has 1 heterocycles. The molecule has 0 aliphatic rings. The summed E-state index contributed by atoms with van der Waals surface area (Å²) in [6.45, 7) is 1.86. The Bertz CT molecular complexity index is 856. The van der Waals surface area contributed by atoms with Gasteiger partial charge in [0.15, 0.2) is 5.16 Å². The van der Waals surface area contributed by atoms with Crippen LogP contribution in [0, 0.1) is 6.92 Å². The summed E-state index contributed by atoms with van der Waals surface area (Å²) in [6.07, 6.45) is -0.379. The molecule has 1 aromatic heterocycles. The highest BCUT2D eigenvalue weighted by molar-refractivity contribution is 7.99. The Morgan fingerprint density at radius 3 is 2.76 bits per heavy atom. The molecule has 132 valence electrons. The second-order valence-corrected chi connectivity index (χ2v) is 6.45. The third kappa shape index (κ3) is 5.87. The van der Waals surface area contributed by atoms with Crippen LogP contribution in [0.25, 0.3) is 0 Å². The van der Waals surface area contributed by atoms with Crippen molar-refractivity contribution in [2.45, 2.75) is 24.9 Å². The Hall–Kier alpha value is -2.39. The number of nitrogens with zero attached hydrogens (tertiary/aromatic N) is 2. The molecule has 2 rings (SSSR count). The summed E-state index contributed by atoms with van der Waals surface area (Å²) in [7, 11) is 0. The summed E-state index contributed by atoms with van der Waals surface area (Å²) < 4.78 is 0. The van der Waals surface area contributed by atoms with E-state index in [0.717, 1.165) is 17.3 Å². The number of thioether (sulfide) groups is 1. The Kier molecular flexibility index (Phi) is 6.54. The summed E-state index contributed by atoms with van der Waals surface area (Å²) >= 11 is 6.99. The van der Waals surface area contributed by atoms with Gasteiger partial charge < -0.3 is 15.2 Å². The zero-order chi connectivity index (χ0) is 18.4. The number of carbonyl (C=O) groups excluding carboxylic acids is 2. The van der Waals surface area contributed by atoms with Crippen molar-refractivity contribution in [2.75, 3.05) is 11.1 Å². The van der Waals surface area contributed by atoms with E-state index in [-0.39, 0.29) is 35.4 Å². The maximum absolute atomic E-state index is 11.9. The first-order valence-electron chi connectivity index (χ1n) is 7.19. The first-order valence-corrected chi connectivity index (χ1v) is 8.56. The molecule has 0 saturated carbocycles. The SMILES string of the molecule is Cc1ccc(NC(=O)CSc2nnc(CCC(=O)[O-])c(=O)[nH]2)cc1Cl. The van der Waals surface area contributed by atoms with Gasteiger partial charge in [-0.15, -0.1) is 10.2 Å². The van der Waals surface area contributed by atoms with Gasteiger partial charge in [0.1, 0.15) is 5.69 Å². The van der Waals surface area contributed by atoms with Crippen molar-refractivity contribution < 1.29 is 14.7 Å². The number of amides is 1. The highest BCUT2D eigenvalue weighted by Gasteiger charge is 2.09. The van der Waals surface area contributed by atoms with Crippen LogP contribution in [-0.4, -0.2) is 32.8 Å². The topological polar surface area (TPSA) is 128 Å². The van der Waals surface area contributed by atoms with Crippen molar-refractivity contribution in [1.29, 1.82) is 0 Å². The number of benzene rings is 1. The molecule has 0 bridgehead atoms. The summed E-state index contributed by atoms with van der Waals surface area (Å²) in [5.74, 6) is -1.56. The molecule has 1 aromatic carbocycles. The summed E-state index contributed by atoms with van der Waals surface area (Å²) in [5, 5.41) is 21.2. The smallest absolute Gasteiger partial charge is 0.273 e. The molecule has 0 spiro atoms. The zero-order valence-corrected chi connectivity index (χ0v) is 14.7. The van der Waals surface area contributed by atoms with Gasteiger partial charge in [-0.25, -0.2) is 0 Å². The molecule has 8 nitrogen and oxygen atoms in total. The fraction of sp³-hybridized carbons (Fsp3) is 0.267. The Morgan fingerprint density at radius 2 is 2.12 bits per heavy atom. The zero-order valence-electron chi connectivity index (χ0n) is 13.2. The number of aryl methyl sites for hydroxylation is 2. The molecule has 25 heavy (non-hydrogen) atoms. The minimum atomic E-state index is -1.27. The number of carbonyl (C=O) groups is 2. The van der Waals surface area contributed by atoms with Gasteiger partial charge in [-0.3, -0.25) is 14.6 Å². The van der Waals surface area contributed by atoms with Crippen molar-refractivity contribution in [3.63, 3.8) is 0 Å². The third-order valence-electron chi connectivity index (χ3n) is 3.11. The van der Waals surface area contributed by atoms with E-state index in [1.165, 1.54) is 0 Å². The van der Waals surface area contributed by atoms with E-state index in [1.54, 1.807) is 18.2 Å². The van der Waals surface area contributed by atoms with Crippen LogP contribution in [0.5, 0.6) is 0 Å². The van der Waals surface area contributed by atoms with Gasteiger partial charge in [0, 0.05) is 23.1 Å². The molecule has 10 heteroatoms. The van der Waals surface area contributed by atoms with Gasteiger partial charge in [0.2, 0.25) is 5.91 Å². The van der Waals surface area contributed by atoms with Crippen molar-refractivity contribution >= 4 is 40.9 Å². The number of aliphatic carboxylic acids is 1. The van der Waals surface area contributed by atoms with E-state index in [0.29, 0.717) is 10.7 Å². The standard InChI is InChI=1S/C15H15ClN4O4S/c1-8-2-3-9(6-10(8)16)17-12(21)7-25-15-18-14(24)11(19-20-15)4-5-13(22)23/h2-3,6H,4-5,7H2,1H3,(H,17,21)(H,22,23)(H,18,20,24)/p-1. The van der Waals surface area contributed by atoms with Crippen LogP contribution < -0.4 is 16.0 Å². The number of anilines is 1. The fourth-order valence-corrected chi connectivity index (χ4v) is 2.58. The van der Waals surface area contributed by atoms with Crippen LogP contribution in [-0.2, 0) is 16.0 Å². The number of rotatable bonds is 7. The lowest BCUT2D eigenvalue weighted by Crippen LogP contribution is -2.25. The van der Waals surface area contributed by atoms with Crippen molar-refractivity contribution in [3.8, 4) is 0 Å². The van der Waals surface area contributed by atoms with Crippen LogP contribution in [0.3, 0.4) is 0 Å². The van der Waals surface area contributed by atoms with Crippen molar-refractivity contribution in [1.82, 2.24) is 15.2 Å². The Balaban J connectivity index is 1.90. The van der Waals surface area contributed by atoms with Gasteiger partial charge in [-0.05, 0) is 31.0 Å². The molecule has 0 saturated heterocycles. The van der Waals surface area contributed by atoms with E-state index in [1.807, 2.05) is 6.92 Å². The Morgan fingerprint density at radius 1 is 1.36 bits per heavy atom. The first-order chi connectivity index (χ1) is 11.8. The molecule has 0 aliphatic carbocycles. The predicted molar refractivity (Wildman–Crippen MR) is 91.5 cm³/mol. The van der Waals surface area contributed by atoms with Crippen LogP contribution in [0.15, 0.2) is 28.2 Å². The maximum Gasteiger partial charge on any atom is 0.273 e. The number of nitrogens with one attached hydrogen (secondary N) is 2. The van der Waals surface area contributed by atoms with Crippen LogP contribution in [0.4, 0.5) is 5.69 Å². The second-order valence-electron chi connectivity index (χ2n) is 5.08. The number of H-pyrrole nitrogens is 1. The molecular formula is C15H14ClN4O4S-. The van der Waals surface area contributed by atoms with Gasteiger partial charge in [0.05, 0.1) is 5.75 Å².